The summed E-state index contributed by atoms with van der Waals surface area (Å²) < 4.78 is 0. The van der Waals surface area contributed by atoms with Crippen LogP contribution >= 0.6 is 23.2 Å². The van der Waals surface area contributed by atoms with E-state index in [9.17, 15) is 4.79 Å². The van der Waals surface area contributed by atoms with Gasteiger partial charge in [-0.15, -0.1) is 0 Å². The van der Waals surface area contributed by atoms with Gasteiger partial charge in [0.15, 0.2) is 0 Å². The van der Waals surface area contributed by atoms with Crippen LogP contribution in [0.25, 0.3) is 0 Å². The molecule has 4 heteroatoms. The third-order valence-corrected chi connectivity index (χ3v) is 3.20. The van der Waals surface area contributed by atoms with Crippen LogP contribution in [0.15, 0.2) is 18.2 Å². The van der Waals surface area contributed by atoms with Gasteiger partial charge >= 0.3 is 0 Å². The number of halogens is 2. The highest BCUT2D eigenvalue weighted by Gasteiger charge is 2.13. The van der Waals surface area contributed by atoms with Gasteiger partial charge in [0.25, 0.3) is 0 Å². The van der Waals surface area contributed by atoms with E-state index in [2.05, 4.69) is 12.2 Å². The monoisotopic (exact) mass is 259 g/mol. The van der Waals surface area contributed by atoms with Gasteiger partial charge < -0.3 is 5.32 Å². The van der Waals surface area contributed by atoms with E-state index in [1.54, 1.807) is 18.2 Å². The second kappa shape index (κ2) is 6.12. The number of nitrogens with one attached hydrogen (secondary N) is 1. The van der Waals surface area contributed by atoms with Crippen molar-refractivity contribution in [3.05, 3.63) is 28.2 Å². The molecule has 1 aromatic rings. The summed E-state index contributed by atoms with van der Waals surface area (Å²) >= 11 is 11.8. The van der Waals surface area contributed by atoms with E-state index in [-0.39, 0.29) is 11.8 Å². The summed E-state index contributed by atoms with van der Waals surface area (Å²) in [5.74, 6) is -0.0361. The first-order chi connectivity index (χ1) is 7.56. The van der Waals surface area contributed by atoms with Gasteiger partial charge in [-0.05, 0) is 18.6 Å². The Balaban J connectivity index is 2.73. The summed E-state index contributed by atoms with van der Waals surface area (Å²) in [6, 6.07) is 5.19. The van der Waals surface area contributed by atoms with Crippen molar-refractivity contribution in [1.29, 1.82) is 0 Å². The molecule has 0 radical (unpaired) electrons. The van der Waals surface area contributed by atoms with Gasteiger partial charge in [0, 0.05) is 5.92 Å². The van der Waals surface area contributed by atoms with Crippen molar-refractivity contribution in [2.45, 2.75) is 26.7 Å². The summed E-state index contributed by atoms with van der Waals surface area (Å²) in [4.78, 5) is 11.8. The van der Waals surface area contributed by atoms with Crippen LogP contribution in [0.2, 0.25) is 10.0 Å². The number of benzene rings is 1. The zero-order valence-corrected chi connectivity index (χ0v) is 10.9. The van der Waals surface area contributed by atoms with Crippen LogP contribution < -0.4 is 5.32 Å². The van der Waals surface area contributed by atoms with Crippen LogP contribution in [0.4, 0.5) is 5.69 Å². The molecular weight excluding hydrogens is 245 g/mol. The van der Waals surface area contributed by atoms with Crippen LogP contribution in [0.1, 0.15) is 26.7 Å². The maximum absolute atomic E-state index is 11.8. The molecule has 1 rings (SSSR count). The molecule has 0 spiro atoms. The third kappa shape index (κ3) is 3.39. The van der Waals surface area contributed by atoms with Crippen molar-refractivity contribution >= 4 is 34.8 Å². The highest BCUT2D eigenvalue weighted by atomic mass is 35.5. The van der Waals surface area contributed by atoms with Crippen LogP contribution in [-0.2, 0) is 4.79 Å². The van der Waals surface area contributed by atoms with Crippen molar-refractivity contribution in [3.63, 3.8) is 0 Å². The molecule has 1 N–H and O–H groups in total. The topological polar surface area (TPSA) is 29.1 Å². The minimum absolute atomic E-state index is 0.0138. The minimum atomic E-state index is -0.0222. The van der Waals surface area contributed by atoms with Crippen LogP contribution in [-0.4, -0.2) is 5.91 Å². The van der Waals surface area contributed by atoms with Crippen LogP contribution in [0, 0.1) is 5.92 Å². The maximum Gasteiger partial charge on any atom is 0.227 e. The van der Waals surface area contributed by atoms with Gasteiger partial charge in [-0.3, -0.25) is 4.79 Å². The van der Waals surface area contributed by atoms with Gasteiger partial charge in [-0.2, -0.15) is 0 Å². The lowest BCUT2D eigenvalue weighted by molar-refractivity contribution is -0.119. The van der Waals surface area contributed by atoms with Gasteiger partial charge in [0.2, 0.25) is 5.91 Å². The van der Waals surface area contributed by atoms with Crippen molar-refractivity contribution in [2.75, 3.05) is 5.32 Å². The molecule has 0 bridgehead atoms. The summed E-state index contributed by atoms with van der Waals surface area (Å²) in [7, 11) is 0. The summed E-state index contributed by atoms with van der Waals surface area (Å²) in [5, 5.41) is 3.62. The lowest BCUT2D eigenvalue weighted by Gasteiger charge is -2.12. The smallest absolute Gasteiger partial charge is 0.227 e. The number of amides is 1. The highest BCUT2D eigenvalue weighted by Crippen LogP contribution is 2.29. The van der Waals surface area contributed by atoms with Crippen LogP contribution in [0.3, 0.4) is 0 Å². The predicted molar refractivity (Wildman–Crippen MR) is 69.2 cm³/mol. The Morgan fingerprint density at radius 3 is 2.75 bits per heavy atom. The van der Waals surface area contributed by atoms with Gasteiger partial charge in [-0.1, -0.05) is 49.5 Å². The second-order valence-electron chi connectivity index (χ2n) is 3.78. The second-order valence-corrected chi connectivity index (χ2v) is 4.57. The van der Waals surface area contributed by atoms with Crippen LogP contribution in [0.5, 0.6) is 0 Å². The standard InChI is InChI=1S/C12H15Cl2NO/c1-3-5-8(2)12(16)15-10-7-4-6-9(13)11(10)14/h4,6-8H,3,5H2,1-2H3,(H,15,16). The molecule has 88 valence electrons. The Morgan fingerprint density at radius 1 is 1.44 bits per heavy atom. The molecule has 0 fully saturated rings. The number of carbonyl (C=O) groups is 1. The van der Waals surface area contributed by atoms with E-state index in [1.165, 1.54) is 0 Å². The number of hydrogen-bond donors (Lipinski definition) is 1. The molecule has 1 atom stereocenters. The zero-order valence-electron chi connectivity index (χ0n) is 9.39. The molecule has 0 aromatic heterocycles. The number of carbonyl (C=O) groups excluding carboxylic acids is 1. The third-order valence-electron chi connectivity index (χ3n) is 2.38. The van der Waals surface area contributed by atoms with E-state index >= 15 is 0 Å². The predicted octanol–water partition coefficient (Wildman–Crippen LogP) is 4.37. The fourth-order valence-electron chi connectivity index (χ4n) is 1.42. The van der Waals surface area contributed by atoms with Crippen molar-refractivity contribution in [3.8, 4) is 0 Å². The number of hydrogen-bond acceptors (Lipinski definition) is 1. The van der Waals surface area contributed by atoms with E-state index in [4.69, 9.17) is 23.2 Å². The molecular formula is C12H15Cl2NO. The molecule has 0 aliphatic rings. The first-order valence-electron chi connectivity index (χ1n) is 5.31. The van der Waals surface area contributed by atoms with Gasteiger partial charge in [-0.25, -0.2) is 0 Å². The molecule has 0 saturated carbocycles. The lowest BCUT2D eigenvalue weighted by Crippen LogP contribution is -2.20. The Kier molecular flexibility index (Phi) is 5.10. The Labute approximate surface area is 106 Å². The number of rotatable bonds is 4. The van der Waals surface area contributed by atoms with E-state index in [1.807, 2.05) is 6.92 Å². The summed E-state index contributed by atoms with van der Waals surface area (Å²) in [6.45, 7) is 3.95. The first kappa shape index (κ1) is 13.3. The van der Waals surface area contributed by atoms with E-state index in [0.29, 0.717) is 15.7 Å². The average molecular weight is 260 g/mol. The molecule has 1 amide bonds. The molecule has 1 aromatic carbocycles. The van der Waals surface area contributed by atoms with Crippen molar-refractivity contribution in [2.24, 2.45) is 5.92 Å². The van der Waals surface area contributed by atoms with Crippen molar-refractivity contribution in [1.82, 2.24) is 0 Å². The minimum Gasteiger partial charge on any atom is -0.324 e. The molecule has 2 nitrogen and oxygen atoms in total. The average Bonchev–Trinajstić information content (AvgIpc) is 2.25. The fourth-order valence-corrected chi connectivity index (χ4v) is 1.77. The molecule has 16 heavy (non-hydrogen) atoms. The van der Waals surface area contributed by atoms with E-state index < -0.39 is 0 Å². The highest BCUT2D eigenvalue weighted by molar-refractivity contribution is 6.43. The zero-order chi connectivity index (χ0) is 12.1. The molecule has 0 aliphatic carbocycles. The fraction of sp³-hybridized carbons (Fsp3) is 0.417. The molecule has 0 saturated heterocycles. The Morgan fingerprint density at radius 2 is 2.12 bits per heavy atom. The number of anilines is 1. The van der Waals surface area contributed by atoms with Crippen molar-refractivity contribution < 1.29 is 4.79 Å². The Bertz CT molecular complexity index is 379. The molecule has 1 unspecified atom stereocenters. The normalized spacial score (nSPS) is 12.2. The van der Waals surface area contributed by atoms with Gasteiger partial charge in [0.05, 0.1) is 15.7 Å². The van der Waals surface area contributed by atoms with E-state index in [0.717, 1.165) is 12.8 Å². The Hall–Kier alpha value is -0.730. The first-order valence-corrected chi connectivity index (χ1v) is 6.06. The largest absolute Gasteiger partial charge is 0.324 e. The molecule has 0 heterocycles. The summed E-state index contributed by atoms with van der Waals surface area (Å²) in [6.07, 6.45) is 1.85. The maximum atomic E-state index is 11.8. The quantitative estimate of drug-likeness (QED) is 0.855. The summed E-state index contributed by atoms with van der Waals surface area (Å²) in [5.41, 5.74) is 0.571. The lowest BCUT2D eigenvalue weighted by atomic mass is 10.1. The molecule has 0 aliphatic heterocycles. The van der Waals surface area contributed by atoms with Gasteiger partial charge in [0.1, 0.15) is 0 Å². The SMILES string of the molecule is CCCC(C)C(=O)Nc1cccc(Cl)c1Cl.